The molecule has 0 aromatic heterocycles. The first-order valence-electron chi connectivity index (χ1n) is 6.76. The Labute approximate surface area is 113 Å². The van der Waals surface area contributed by atoms with Crippen LogP contribution in [0.4, 0.5) is 0 Å². The van der Waals surface area contributed by atoms with Gasteiger partial charge >= 0.3 is 0 Å². The van der Waals surface area contributed by atoms with E-state index in [1.165, 1.54) is 24.8 Å². The topological polar surface area (TPSA) is 50.1 Å². The van der Waals surface area contributed by atoms with Crippen molar-refractivity contribution < 1.29 is 0 Å². The van der Waals surface area contributed by atoms with Crippen LogP contribution in [0.15, 0.2) is 24.3 Å². The molecule has 0 spiro atoms. The van der Waals surface area contributed by atoms with Crippen LogP contribution in [0.25, 0.3) is 0 Å². The molecule has 0 radical (unpaired) electrons. The molecule has 1 saturated carbocycles. The molecule has 98 valence electrons. The van der Waals surface area contributed by atoms with Gasteiger partial charge in [0.2, 0.25) is 0 Å². The molecule has 1 aliphatic carbocycles. The Morgan fingerprint density at radius 2 is 2.17 bits per heavy atom. The zero-order valence-corrected chi connectivity index (χ0v) is 11.2. The van der Waals surface area contributed by atoms with E-state index < -0.39 is 0 Å². The van der Waals surface area contributed by atoms with Crippen LogP contribution in [-0.4, -0.2) is 12.6 Å². The number of hydrogen-bond donors (Lipinski definition) is 3. The number of benzene rings is 1. The first-order valence-corrected chi connectivity index (χ1v) is 7.14. The summed E-state index contributed by atoms with van der Waals surface area (Å²) in [5.74, 6) is 1.19. The van der Waals surface area contributed by atoms with Crippen molar-refractivity contribution >= 4 is 11.6 Å². The normalized spacial score (nSPS) is 35.4. The Hall–Kier alpha value is -0.610. The van der Waals surface area contributed by atoms with Crippen molar-refractivity contribution in [1.82, 2.24) is 10.9 Å². The van der Waals surface area contributed by atoms with E-state index in [0.717, 1.165) is 11.6 Å². The molecular weight excluding hydrogens is 246 g/mol. The molecule has 3 rings (SSSR count). The number of hydrogen-bond acceptors (Lipinski definition) is 3. The summed E-state index contributed by atoms with van der Waals surface area (Å²) < 4.78 is 0. The highest BCUT2D eigenvalue weighted by atomic mass is 35.5. The number of nitrogens with two attached hydrogens (primary N) is 1. The lowest BCUT2D eigenvalue weighted by atomic mass is 9.72. The van der Waals surface area contributed by atoms with Gasteiger partial charge in [-0.2, -0.15) is 0 Å². The van der Waals surface area contributed by atoms with Gasteiger partial charge in [-0.25, -0.2) is 5.43 Å². The summed E-state index contributed by atoms with van der Waals surface area (Å²) in [5.41, 5.74) is 14.1. The van der Waals surface area contributed by atoms with E-state index in [1.54, 1.807) is 0 Å². The van der Waals surface area contributed by atoms with Crippen molar-refractivity contribution in [2.24, 2.45) is 17.6 Å². The molecule has 2 aliphatic rings. The summed E-state index contributed by atoms with van der Waals surface area (Å²) in [6.45, 7) is 0.779. The van der Waals surface area contributed by atoms with Crippen LogP contribution in [-0.2, 0) is 0 Å². The molecule has 1 saturated heterocycles. The van der Waals surface area contributed by atoms with Crippen molar-refractivity contribution in [3.8, 4) is 0 Å². The van der Waals surface area contributed by atoms with Crippen LogP contribution in [0.5, 0.6) is 0 Å². The second-order valence-electron chi connectivity index (χ2n) is 5.43. The lowest BCUT2D eigenvalue weighted by Gasteiger charge is -2.35. The fourth-order valence-electron chi connectivity index (χ4n) is 3.56. The van der Waals surface area contributed by atoms with Crippen LogP contribution in [0.2, 0.25) is 5.02 Å². The fourth-order valence-corrected chi connectivity index (χ4v) is 3.76. The van der Waals surface area contributed by atoms with Crippen LogP contribution in [0.1, 0.15) is 30.9 Å². The highest BCUT2D eigenvalue weighted by Gasteiger charge is 2.42. The third kappa shape index (κ3) is 2.16. The number of nitrogens with one attached hydrogen (secondary N) is 2. The maximum atomic E-state index is 6.10. The fraction of sp³-hybridized carbons (Fsp3) is 0.571. The number of fused-ring (bicyclic) bond motifs is 1. The molecule has 1 aromatic carbocycles. The highest BCUT2D eigenvalue weighted by Crippen LogP contribution is 2.41. The maximum absolute atomic E-state index is 6.10. The average molecular weight is 266 g/mol. The number of rotatable bonds is 2. The molecule has 18 heavy (non-hydrogen) atoms. The standard InChI is InChI=1S/C14H20ClN3/c15-11-5-1-3-9(7-11)14-13-10(8-16)4-2-6-12(13)17-18-14/h1,3,5,7,10,12-14,17-18H,2,4,6,8,16H2. The monoisotopic (exact) mass is 265 g/mol. The Morgan fingerprint density at radius 1 is 1.28 bits per heavy atom. The average Bonchev–Trinajstić information content (AvgIpc) is 2.82. The summed E-state index contributed by atoms with van der Waals surface area (Å²) in [6.07, 6.45) is 3.77. The molecule has 4 N–H and O–H groups in total. The summed E-state index contributed by atoms with van der Waals surface area (Å²) in [6, 6.07) is 9.04. The third-order valence-corrected chi connectivity index (χ3v) is 4.65. The van der Waals surface area contributed by atoms with E-state index in [1.807, 2.05) is 12.1 Å². The molecule has 1 aliphatic heterocycles. The second kappa shape index (κ2) is 5.17. The van der Waals surface area contributed by atoms with Gasteiger partial charge in [0, 0.05) is 17.0 Å². The molecule has 0 amide bonds. The van der Waals surface area contributed by atoms with Gasteiger partial charge in [0.05, 0.1) is 6.04 Å². The van der Waals surface area contributed by atoms with Gasteiger partial charge in [0.15, 0.2) is 0 Å². The zero-order valence-electron chi connectivity index (χ0n) is 10.4. The van der Waals surface area contributed by atoms with Crippen LogP contribution >= 0.6 is 11.6 Å². The molecule has 4 heteroatoms. The Bertz CT molecular complexity index is 423. The number of halogens is 1. The Morgan fingerprint density at radius 3 is 2.94 bits per heavy atom. The molecule has 4 unspecified atom stereocenters. The lowest BCUT2D eigenvalue weighted by Crippen LogP contribution is -2.39. The molecular formula is C14H20ClN3. The minimum atomic E-state index is 0.336. The van der Waals surface area contributed by atoms with Gasteiger partial charge in [0.1, 0.15) is 0 Å². The summed E-state index contributed by atoms with van der Waals surface area (Å²) in [4.78, 5) is 0. The van der Waals surface area contributed by atoms with E-state index >= 15 is 0 Å². The van der Waals surface area contributed by atoms with Crippen LogP contribution < -0.4 is 16.6 Å². The summed E-state index contributed by atoms with van der Waals surface area (Å²) in [5, 5.41) is 0.804. The summed E-state index contributed by atoms with van der Waals surface area (Å²) >= 11 is 6.10. The highest BCUT2D eigenvalue weighted by molar-refractivity contribution is 6.30. The molecule has 3 nitrogen and oxygen atoms in total. The van der Waals surface area contributed by atoms with Crippen LogP contribution in [0, 0.1) is 11.8 Å². The Balaban J connectivity index is 1.88. The largest absolute Gasteiger partial charge is 0.330 e. The van der Waals surface area contributed by atoms with Gasteiger partial charge in [-0.1, -0.05) is 30.2 Å². The lowest BCUT2D eigenvalue weighted by molar-refractivity contribution is 0.208. The van der Waals surface area contributed by atoms with Gasteiger partial charge in [-0.15, -0.1) is 0 Å². The predicted octanol–water partition coefficient (Wildman–Crippen LogP) is 2.23. The van der Waals surface area contributed by atoms with Gasteiger partial charge in [0.25, 0.3) is 0 Å². The van der Waals surface area contributed by atoms with Crippen LogP contribution in [0.3, 0.4) is 0 Å². The van der Waals surface area contributed by atoms with E-state index in [9.17, 15) is 0 Å². The van der Waals surface area contributed by atoms with Crippen molar-refractivity contribution in [3.63, 3.8) is 0 Å². The third-order valence-electron chi connectivity index (χ3n) is 4.42. The smallest absolute Gasteiger partial charge is 0.0509 e. The number of hydrazine groups is 1. The molecule has 0 bridgehead atoms. The first kappa shape index (κ1) is 12.4. The maximum Gasteiger partial charge on any atom is 0.0509 e. The van der Waals surface area contributed by atoms with Gasteiger partial charge < -0.3 is 5.73 Å². The quantitative estimate of drug-likeness (QED) is 0.769. The van der Waals surface area contributed by atoms with E-state index in [2.05, 4.69) is 23.0 Å². The first-order chi connectivity index (χ1) is 8.79. The molecule has 1 aromatic rings. The molecule has 1 heterocycles. The molecule has 2 fully saturated rings. The second-order valence-corrected chi connectivity index (χ2v) is 5.87. The van der Waals surface area contributed by atoms with Crippen molar-refractivity contribution in [2.75, 3.05) is 6.54 Å². The predicted molar refractivity (Wildman–Crippen MR) is 74.1 cm³/mol. The van der Waals surface area contributed by atoms with Crippen molar-refractivity contribution in [1.29, 1.82) is 0 Å². The Kier molecular flexibility index (Phi) is 3.57. The SMILES string of the molecule is NCC1CCCC2NNC(c3cccc(Cl)c3)C12. The van der Waals surface area contributed by atoms with Gasteiger partial charge in [-0.05, 0) is 43.0 Å². The van der Waals surface area contributed by atoms with Crippen molar-refractivity contribution in [3.05, 3.63) is 34.9 Å². The zero-order chi connectivity index (χ0) is 12.5. The minimum Gasteiger partial charge on any atom is -0.330 e. The molecule has 4 atom stereocenters. The van der Waals surface area contributed by atoms with E-state index in [-0.39, 0.29) is 0 Å². The minimum absolute atomic E-state index is 0.336. The summed E-state index contributed by atoms with van der Waals surface area (Å²) in [7, 11) is 0. The van der Waals surface area contributed by atoms with Crippen molar-refractivity contribution in [2.45, 2.75) is 31.3 Å². The van der Waals surface area contributed by atoms with E-state index in [0.29, 0.717) is 23.9 Å². The van der Waals surface area contributed by atoms with Gasteiger partial charge in [-0.3, -0.25) is 5.43 Å². The van der Waals surface area contributed by atoms with E-state index in [4.69, 9.17) is 17.3 Å².